The second kappa shape index (κ2) is 7.28. The van der Waals surface area contributed by atoms with E-state index in [4.69, 9.17) is 9.47 Å². The number of benzene rings is 1. The number of amides is 1. The van der Waals surface area contributed by atoms with Crippen molar-refractivity contribution >= 4 is 11.6 Å². The molecular weight excluding hydrogens is 268 g/mol. The van der Waals surface area contributed by atoms with Crippen LogP contribution in [-0.2, 0) is 0 Å². The quantitative estimate of drug-likeness (QED) is 0.886. The third-order valence-electron chi connectivity index (χ3n) is 2.72. The molecule has 1 aromatic carbocycles. The van der Waals surface area contributed by atoms with Gasteiger partial charge in [-0.3, -0.25) is 9.78 Å². The number of aromatic nitrogens is 1. The second-order valence-electron chi connectivity index (χ2n) is 4.22. The second-order valence-corrected chi connectivity index (χ2v) is 4.22. The van der Waals surface area contributed by atoms with Gasteiger partial charge in [0.05, 0.1) is 18.8 Å². The number of nitrogens with zero attached hydrogens (tertiary/aromatic N) is 1. The molecule has 1 heterocycles. The summed E-state index contributed by atoms with van der Waals surface area (Å²) >= 11 is 0. The monoisotopic (exact) mass is 286 g/mol. The van der Waals surface area contributed by atoms with E-state index in [1.165, 1.54) is 6.20 Å². The molecule has 0 atom stereocenters. The molecule has 0 aliphatic rings. The zero-order valence-corrected chi connectivity index (χ0v) is 12.1. The van der Waals surface area contributed by atoms with Crippen molar-refractivity contribution < 1.29 is 14.3 Å². The van der Waals surface area contributed by atoms with Crippen molar-refractivity contribution in [2.24, 2.45) is 0 Å². The molecule has 21 heavy (non-hydrogen) atoms. The number of pyridine rings is 1. The molecule has 0 aliphatic heterocycles. The van der Waals surface area contributed by atoms with E-state index in [1.54, 1.807) is 36.5 Å². The molecule has 2 aromatic rings. The van der Waals surface area contributed by atoms with Crippen LogP contribution >= 0.6 is 0 Å². The van der Waals surface area contributed by atoms with Crippen molar-refractivity contribution in [2.45, 2.75) is 13.8 Å². The summed E-state index contributed by atoms with van der Waals surface area (Å²) in [7, 11) is 0. The Morgan fingerprint density at radius 2 is 1.90 bits per heavy atom. The molecule has 2 rings (SSSR count). The van der Waals surface area contributed by atoms with Gasteiger partial charge in [-0.2, -0.15) is 0 Å². The summed E-state index contributed by atoms with van der Waals surface area (Å²) in [6.45, 7) is 4.89. The minimum absolute atomic E-state index is 0.213. The molecule has 0 radical (unpaired) electrons. The maximum absolute atomic E-state index is 12.1. The predicted molar refractivity (Wildman–Crippen MR) is 81.0 cm³/mol. The summed E-state index contributed by atoms with van der Waals surface area (Å²) in [4.78, 5) is 16.0. The highest BCUT2D eigenvalue weighted by molar-refractivity contribution is 6.04. The maximum atomic E-state index is 12.1. The smallest absolute Gasteiger partial charge is 0.257 e. The van der Waals surface area contributed by atoms with Gasteiger partial charge in [0.25, 0.3) is 5.91 Å². The van der Waals surface area contributed by atoms with Crippen LogP contribution in [0.4, 0.5) is 5.69 Å². The highest BCUT2D eigenvalue weighted by Crippen LogP contribution is 2.30. The van der Waals surface area contributed by atoms with Gasteiger partial charge in [0, 0.05) is 24.1 Å². The number of ether oxygens (including phenoxy) is 2. The number of nitrogens with one attached hydrogen (secondary N) is 1. The van der Waals surface area contributed by atoms with Crippen molar-refractivity contribution in [1.82, 2.24) is 4.98 Å². The summed E-state index contributed by atoms with van der Waals surface area (Å²) in [5.41, 5.74) is 1.15. The first-order valence-electron chi connectivity index (χ1n) is 6.85. The fourth-order valence-corrected chi connectivity index (χ4v) is 1.83. The first-order chi connectivity index (χ1) is 10.2. The first kappa shape index (κ1) is 14.8. The van der Waals surface area contributed by atoms with Gasteiger partial charge in [-0.15, -0.1) is 0 Å². The Balaban J connectivity index is 2.16. The van der Waals surface area contributed by atoms with Crippen LogP contribution < -0.4 is 14.8 Å². The van der Waals surface area contributed by atoms with Crippen LogP contribution in [0.5, 0.6) is 11.5 Å². The van der Waals surface area contributed by atoms with E-state index in [1.807, 2.05) is 13.8 Å². The highest BCUT2D eigenvalue weighted by atomic mass is 16.5. The highest BCUT2D eigenvalue weighted by Gasteiger charge is 2.09. The van der Waals surface area contributed by atoms with Crippen molar-refractivity contribution in [2.75, 3.05) is 18.5 Å². The minimum atomic E-state index is -0.213. The summed E-state index contributed by atoms with van der Waals surface area (Å²) in [5, 5.41) is 2.81. The van der Waals surface area contributed by atoms with Crippen LogP contribution in [-0.4, -0.2) is 24.1 Å². The molecule has 0 fully saturated rings. The number of carbonyl (C=O) groups excluding carboxylic acids is 1. The Labute approximate surface area is 123 Å². The molecule has 110 valence electrons. The molecule has 1 N–H and O–H groups in total. The molecule has 0 aliphatic carbocycles. The molecule has 5 nitrogen and oxygen atoms in total. The van der Waals surface area contributed by atoms with Crippen molar-refractivity contribution in [3.05, 3.63) is 48.3 Å². The van der Waals surface area contributed by atoms with E-state index in [9.17, 15) is 4.79 Å². The van der Waals surface area contributed by atoms with Crippen molar-refractivity contribution in [3.63, 3.8) is 0 Å². The van der Waals surface area contributed by atoms with Gasteiger partial charge in [0.2, 0.25) is 0 Å². The lowest BCUT2D eigenvalue weighted by Crippen LogP contribution is -2.12. The van der Waals surface area contributed by atoms with E-state index in [-0.39, 0.29) is 5.91 Å². The molecule has 0 bridgehead atoms. The van der Waals surface area contributed by atoms with Gasteiger partial charge < -0.3 is 14.8 Å². The van der Waals surface area contributed by atoms with E-state index in [0.29, 0.717) is 36.0 Å². The van der Waals surface area contributed by atoms with Gasteiger partial charge in [-0.05, 0) is 38.1 Å². The van der Waals surface area contributed by atoms with Crippen LogP contribution in [0.1, 0.15) is 24.2 Å². The van der Waals surface area contributed by atoms with E-state index in [2.05, 4.69) is 10.3 Å². The third-order valence-corrected chi connectivity index (χ3v) is 2.72. The normalized spacial score (nSPS) is 10.0. The van der Waals surface area contributed by atoms with Gasteiger partial charge in [0.15, 0.2) is 11.5 Å². The molecule has 0 saturated carbocycles. The molecular formula is C16H18N2O3. The average molecular weight is 286 g/mol. The molecule has 5 heteroatoms. The number of anilines is 1. The predicted octanol–water partition coefficient (Wildman–Crippen LogP) is 3.13. The largest absolute Gasteiger partial charge is 0.490 e. The molecule has 0 spiro atoms. The standard InChI is InChI=1S/C16H18N2O3/c1-3-20-14-8-7-13(10-15(14)21-4-2)18-16(19)12-6-5-9-17-11-12/h5-11H,3-4H2,1-2H3,(H,18,19). The SMILES string of the molecule is CCOc1ccc(NC(=O)c2cccnc2)cc1OCC. The zero-order chi connectivity index (χ0) is 15.1. The van der Waals surface area contributed by atoms with Crippen LogP contribution in [0, 0.1) is 0 Å². The fourth-order valence-electron chi connectivity index (χ4n) is 1.83. The Morgan fingerprint density at radius 3 is 2.57 bits per heavy atom. The van der Waals surface area contributed by atoms with Gasteiger partial charge in [0.1, 0.15) is 0 Å². The minimum Gasteiger partial charge on any atom is -0.490 e. The number of hydrogen-bond acceptors (Lipinski definition) is 4. The van der Waals surface area contributed by atoms with Gasteiger partial charge >= 0.3 is 0 Å². The van der Waals surface area contributed by atoms with Gasteiger partial charge in [-0.25, -0.2) is 0 Å². The van der Waals surface area contributed by atoms with Crippen molar-refractivity contribution in [3.8, 4) is 11.5 Å². The van der Waals surface area contributed by atoms with Crippen LogP contribution in [0.25, 0.3) is 0 Å². The summed E-state index contributed by atoms with van der Waals surface area (Å²) in [5.74, 6) is 1.07. The molecule has 0 unspecified atom stereocenters. The van der Waals surface area contributed by atoms with Crippen LogP contribution in [0.15, 0.2) is 42.7 Å². The summed E-state index contributed by atoms with van der Waals surface area (Å²) < 4.78 is 11.0. The fraction of sp³-hybridized carbons (Fsp3) is 0.250. The van der Waals surface area contributed by atoms with E-state index < -0.39 is 0 Å². The lowest BCUT2D eigenvalue weighted by molar-refractivity contribution is 0.102. The molecule has 1 amide bonds. The van der Waals surface area contributed by atoms with Gasteiger partial charge in [-0.1, -0.05) is 0 Å². The van der Waals surface area contributed by atoms with E-state index >= 15 is 0 Å². The summed E-state index contributed by atoms with van der Waals surface area (Å²) in [6.07, 6.45) is 3.15. The van der Waals surface area contributed by atoms with E-state index in [0.717, 1.165) is 0 Å². The lowest BCUT2D eigenvalue weighted by atomic mass is 10.2. The van der Waals surface area contributed by atoms with Crippen LogP contribution in [0.2, 0.25) is 0 Å². The summed E-state index contributed by atoms with van der Waals surface area (Å²) in [6, 6.07) is 8.75. The number of rotatable bonds is 6. The van der Waals surface area contributed by atoms with Crippen LogP contribution in [0.3, 0.4) is 0 Å². The Bertz CT molecular complexity index is 600. The Morgan fingerprint density at radius 1 is 1.14 bits per heavy atom. The Kier molecular flexibility index (Phi) is 5.15. The molecule has 1 aromatic heterocycles. The average Bonchev–Trinajstić information content (AvgIpc) is 2.51. The number of hydrogen-bond donors (Lipinski definition) is 1. The zero-order valence-electron chi connectivity index (χ0n) is 12.1. The number of carbonyl (C=O) groups is 1. The first-order valence-corrected chi connectivity index (χ1v) is 6.85. The van der Waals surface area contributed by atoms with Crippen molar-refractivity contribution in [1.29, 1.82) is 0 Å². The topological polar surface area (TPSA) is 60.5 Å². The Hall–Kier alpha value is -2.56. The third kappa shape index (κ3) is 3.95. The lowest BCUT2D eigenvalue weighted by Gasteiger charge is -2.13. The maximum Gasteiger partial charge on any atom is 0.257 e. The molecule has 0 saturated heterocycles.